The van der Waals surface area contributed by atoms with Gasteiger partial charge < -0.3 is 24.6 Å². The lowest BCUT2D eigenvalue weighted by atomic mass is 9.98. The summed E-state index contributed by atoms with van der Waals surface area (Å²) in [4.78, 5) is 29.9. The number of piperidine rings is 1. The van der Waals surface area contributed by atoms with Gasteiger partial charge in [-0.3, -0.25) is 9.59 Å². The molecule has 0 aromatic heterocycles. The number of piperazine rings is 1. The Morgan fingerprint density at radius 2 is 1.59 bits per heavy atom. The Kier molecular flexibility index (Phi) is 8.35. The number of likely N-dealkylation sites (N-methyl/N-ethyl adjacent to an activating group) is 1. The van der Waals surface area contributed by atoms with Crippen LogP contribution >= 0.6 is 0 Å². The standard InChI is InChI=1S/C26H34N4O6S/c1-28-13-15-29(16-14-28)26(32)19-6-8-21(9-7-19)27-25(31)20-5-4-12-30(18-20)37(33,34)22-10-11-23(35-2)24(17-22)36-3/h6-11,17,20H,4-5,12-16,18H2,1-3H3,(H,27,31)/t20-/m0/s1. The van der Waals surface area contributed by atoms with Gasteiger partial charge in [0.25, 0.3) is 5.91 Å². The lowest BCUT2D eigenvalue weighted by Crippen LogP contribution is -2.47. The molecule has 1 atom stereocenters. The van der Waals surface area contributed by atoms with Crippen LogP contribution < -0.4 is 14.8 Å². The van der Waals surface area contributed by atoms with Gasteiger partial charge in [-0.15, -0.1) is 0 Å². The van der Waals surface area contributed by atoms with Crippen molar-refractivity contribution in [1.29, 1.82) is 0 Å². The van der Waals surface area contributed by atoms with Crippen LogP contribution in [0.3, 0.4) is 0 Å². The van der Waals surface area contributed by atoms with E-state index >= 15 is 0 Å². The average molecular weight is 531 g/mol. The zero-order chi connectivity index (χ0) is 26.6. The number of nitrogens with zero attached hydrogens (tertiary/aromatic N) is 3. The third-order valence-corrected chi connectivity index (χ3v) is 8.80. The first-order chi connectivity index (χ1) is 17.7. The fourth-order valence-corrected chi connectivity index (χ4v) is 6.17. The maximum absolute atomic E-state index is 13.3. The maximum atomic E-state index is 13.3. The molecule has 0 saturated carbocycles. The molecule has 2 heterocycles. The molecule has 4 rings (SSSR count). The van der Waals surface area contributed by atoms with Crippen LogP contribution in [-0.2, 0) is 14.8 Å². The van der Waals surface area contributed by atoms with Crippen LogP contribution in [0.15, 0.2) is 47.4 Å². The number of ether oxygens (including phenoxy) is 2. The fraction of sp³-hybridized carbons (Fsp3) is 0.462. The third-order valence-electron chi connectivity index (χ3n) is 6.94. The number of carbonyl (C=O) groups excluding carboxylic acids is 2. The largest absolute Gasteiger partial charge is 0.493 e. The molecule has 2 amide bonds. The number of benzene rings is 2. The number of carbonyl (C=O) groups is 2. The Bertz CT molecular complexity index is 1230. The summed E-state index contributed by atoms with van der Waals surface area (Å²) < 4.78 is 38.4. The molecular weight excluding hydrogens is 496 g/mol. The lowest BCUT2D eigenvalue weighted by Gasteiger charge is -2.32. The van der Waals surface area contributed by atoms with Crippen molar-refractivity contribution in [2.45, 2.75) is 17.7 Å². The monoisotopic (exact) mass is 530 g/mol. The molecule has 2 aliphatic heterocycles. The van der Waals surface area contributed by atoms with Gasteiger partial charge >= 0.3 is 0 Å². The van der Waals surface area contributed by atoms with E-state index in [-0.39, 0.29) is 23.3 Å². The van der Waals surface area contributed by atoms with Crippen molar-refractivity contribution in [1.82, 2.24) is 14.1 Å². The molecule has 37 heavy (non-hydrogen) atoms. The minimum Gasteiger partial charge on any atom is -0.493 e. The van der Waals surface area contributed by atoms with E-state index in [0.717, 1.165) is 13.1 Å². The summed E-state index contributed by atoms with van der Waals surface area (Å²) in [7, 11) is 1.16. The van der Waals surface area contributed by atoms with Crippen molar-refractivity contribution in [3.05, 3.63) is 48.0 Å². The number of amides is 2. The average Bonchev–Trinajstić information content (AvgIpc) is 2.93. The summed E-state index contributed by atoms with van der Waals surface area (Å²) in [5.41, 5.74) is 1.15. The zero-order valence-electron chi connectivity index (χ0n) is 21.5. The molecule has 2 aliphatic rings. The Hall–Kier alpha value is -3.15. The Labute approximate surface area is 218 Å². The molecule has 0 aliphatic carbocycles. The Morgan fingerprint density at radius 3 is 2.24 bits per heavy atom. The second kappa shape index (κ2) is 11.5. The van der Waals surface area contributed by atoms with Crippen LogP contribution in [0.25, 0.3) is 0 Å². The highest BCUT2D eigenvalue weighted by molar-refractivity contribution is 7.89. The molecule has 2 aromatic rings. The van der Waals surface area contributed by atoms with Gasteiger partial charge in [0.05, 0.1) is 25.0 Å². The molecule has 2 saturated heterocycles. The van der Waals surface area contributed by atoms with Gasteiger partial charge in [0, 0.05) is 56.6 Å². The number of hydrogen-bond donors (Lipinski definition) is 1. The molecular formula is C26H34N4O6S. The summed E-state index contributed by atoms with van der Waals surface area (Å²) in [6, 6.07) is 11.3. The first kappa shape index (κ1) is 26.9. The van der Waals surface area contributed by atoms with Gasteiger partial charge in [-0.2, -0.15) is 4.31 Å². The molecule has 11 heteroatoms. The minimum atomic E-state index is -3.82. The topological polar surface area (TPSA) is 108 Å². The molecule has 0 unspecified atom stereocenters. The number of rotatable bonds is 7. The van der Waals surface area contributed by atoms with Crippen LogP contribution in [0.1, 0.15) is 23.2 Å². The molecule has 0 radical (unpaired) electrons. The van der Waals surface area contributed by atoms with Crippen LogP contribution in [0, 0.1) is 5.92 Å². The van der Waals surface area contributed by atoms with Crippen molar-refractivity contribution in [2.75, 3.05) is 65.9 Å². The maximum Gasteiger partial charge on any atom is 0.253 e. The summed E-state index contributed by atoms with van der Waals surface area (Å²) in [5, 5.41) is 2.88. The zero-order valence-corrected chi connectivity index (χ0v) is 22.3. The first-order valence-electron chi connectivity index (χ1n) is 12.3. The summed E-state index contributed by atoms with van der Waals surface area (Å²) in [6.07, 6.45) is 1.16. The number of methoxy groups -OCH3 is 2. The van der Waals surface area contributed by atoms with Crippen molar-refractivity contribution in [3.8, 4) is 11.5 Å². The summed E-state index contributed by atoms with van der Waals surface area (Å²) in [6.45, 7) is 3.50. The SMILES string of the molecule is COc1ccc(S(=O)(=O)N2CCC[C@H](C(=O)Nc3ccc(C(=O)N4CCN(C)CC4)cc3)C2)cc1OC. The normalized spacial score (nSPS) is 19.3. The fourth-order valence-electron chi connectivity index (χ4n) is 4.63. The van der Waals surface area contributed by atoms with Gasteiger partial charge in [0.1, 0.15) is 0 Å². The van der Waals surface area contributed by atoms with E-state index in [1.807, 2.05) is 11.9 Å². The van der Waals surface area contributed by atoms with Crippen molar-refractivity contribution >= 4 is 27.5 Å². The molecule has 10 nitrogen and oxygen atoms in total. The first-order valence-corrected chi connectivity index (χ1v) is 13.8. The van der Waals surface area contributed by atoms with Gasteiger partial charge in [-0.25, -0.2) is 8.42 Å². The lowest BCUT2D eigenvalue weighted by molar-refractivity contribution is -0.120. The molecule has 2 fully saturated rings. The predicted octanol–water partition coefficient (Wildman–Crippen LogP) is 2.13. The van der Waals surface area contributed by atoms with Gasteiger partial charge in [0.15, 0.2) is 11.5 Å². The van der Waals surface area contributed by atoms with E-state index in [1.54, 1.807) is 30.3 Å². The molecule has 2 aromatic carbocycles. The van der Waals surface area contributed by atoms with Crippen LogP contribution in [0.2, 0.25) is 0 Å². The van der Waals surface area contributed by atoms with Gasteiger partial charge in [0.2, 0.25) is 15.9 Å². The number of hydrogen-bond acceptors (Lipinski definition) is 7. The molecule has 0 spiro atoms. The molecule has 200 valence electrons. The van der Waals surface area contributed by atoms with Crippen LogP contribution in [-0.4, -0.2) is 94.9 Å². The van der Waals surface area contributed by atoms with E-state index in [9.17, 15) is 18.0 Å². The van der Waals surface area contributed by atoms with Gasteiger partial charge in [-0.05, 0) is 56.3 Å². The number of sulfonamides is 1. The van der Waals surface area contributed by atoms with E-state index in [2.05, 4.69) is 10.2 Å². The molecule has 1 N–H and O–H groups in total. The van der Waals surface area contributed by atoms with E-state index in [4.69, 9.17) is 9.47 Å². The van der Waals surface area contributed by atoms with Crippen molar-refractivity contribution < 1.29 is 27.5 Å². The van der Waals surface area contributed by atoms with Gasteiger partial charge in [-0.1, -0.05) is 0 Å². The van der Waals surface area contributed by atoms with E-state index in [0.29, 0.717) is 55.2 Å². The number of anilines is 1. The Morgan fingerprint density at radius 1 is 0.919 bits per heavy atom. The van der Waals surface area contributed by atoms with E-state index < -0.39 is 15.9 Å². The highest BCUT2D eigenvalue weighted by Crippen LogP contribution is 2.32. The predicted molar refractivity (Wildman–Crippen MR) is 140 cm³/mol. The second-order valence-electron chi connectivity index (χ2n) is 9.38. The number of nitrogens with one attached hydrogen (secondary N) is 1. The second-order valence-corrected chi connectivity index (χ2v) is 11.3. The van der Waals surface area contributed by atoms with Crippen molar-refractivity contribution in [2.24, 2.45) is 5.92 Å². The third kappa shape index (κ3) is 6.06. The van der Waals surface area contributed by atoms with Crippen LogP contribution in [0.4, 0.5) is 5.69 Å². The smallest absolute Gasteiger partial charge is 0.253 e. The Balaban J connectivity index is 1.39. The quantitative estimate of drug-likeness (QED) is 0.584. The summed E-state index contributed by atoms with van der Waals surface area (Å²) in [5.74, 6) is 0.00738. The van der Waals surface area contributed by atoms with E-state index in [1.165, 1.54) is 30.7 Å². The van der Waals surface area contributed by atoms with Crippen LogP contribution in [0.5, 0.6) is 11.5 Å². The minimum absolute atomic E-state index is 0.0192. The molecule has 0 bridgehead atoms. The highest BCUT2D eigenvalue weighted by atomic mass is 32.2. The summed E-state index contributed by atoms with van der Waals surface area (Å²) >= 11 is 0. The van der Waals surface area contributed by atoms with Crippen molar-refractivity contribution in [3.63, 3.8) is 0 Å². The highest BCUT2D eigenvalue weighted by Gasteiger charge is 2.34.